The molecule has 0 unspecified atom stereocenters. The van der Waals surface area contributed by atoms with Gasteiger partial charge in [0.05, 0.1) is 30.3 Å². The van der Waals surface area contributed by atoms with E-state index in [-0.39, 0.29) is 18.5 Å². The number of carbonyl (C=O) groups is 2. The van der Waals surface area contributed by atoms with Gasteiger partial charge in [-0.15, -0.1) is 0 Å². The summed E-state index contributed by atoms with van der Waals surface area (Å²) in [5, 5.41) is 3.54. The summed E-state index contributed by atoms with van der Waals surface area (Å²) in [5.74, 6) is 0.589. The molecule has 2 aromatic heterocycles. The molecule has 2 aromatic carbocycles. The Hall–Kier alpha value is -4.00. The van der Waals surface area contributed by atoms with Gasteiger partial charge >= 0.3 is 5.97 Å². The van der Waals surface area contributed by atoms with Crippen molar-refractivity contribution in [1.82, 2.24) is 4.40 Å². The van der Waals surface area contributed by atoms with Crippen LogP contribution in [0.25, 0.3) is 16.4 Å². The van der Waals surface area contributed by atoms with Gasteiger partial charge in [-0.05, 0) is 55.5 Å². The van der Waals surface area contributed by atoms with E-state index in [1.54, 1.807) is 44.4 Å². The topological polar surface area (TPSA) is 78.3 Å². The normalized spacial score (nSPS) is 10.8. The van der Waals surface area contributed by atoms with Crippen molar-refractivity contribution in [3.8, 4) is 11.5 Å². The summed E-state index contributed by atoms with van der Waals surface area (Å²) in [6.07, 6.45) is 1.88. The SMILES string of the molecule is CCOC(=O)c1c2ccc(OCC(=O)Nc3ccc(OC)cc3)cc2n2ccccc12. The number of amides is 1. The van der Waals surface area contributed by atoms with Crippen molar-refractivity contribution >= 4 is 34.0 Å². The maximum absolute atomic E-state index is 12.5. The number of rotatable bonds is 7. The third kappa shape index (κ3) is 4.16. The minimum Gasteiger partial charge on any atom is -0.497 e. The van der Waals surface area contributed by atoms with Crippen molar-refractivity contribution in [2.45, 2.75) is 6.92 Å². The quantitative estimate of drug-likeness (QED) is 0.453. The van der Waals surface area contributed by atoms with Gasteiger partial charge in [-0.3, -0.25) is 4.79 Å². The van der Waals surface area contributed by atoms with Gasteiger partial charge < -0.3 is 23.9 Å². The average molecular weight is 418 g/mol. The van der Waals surface area contributed by atoms with Crippen molar-refractivity contribution < 1.29 is 23.8 Å². The van der Waals surface area contributed by atoms with Crippen molar-refractivity contribution in [2.75, 3.05) is 25.6 Å². The highest BCUT2D eigenvalue weighted by molar-refractivity contribution is 6.12. The number of pyridine rings is 1. The largest absolute Gasteiger partial charge is 0.497 e. The average Bonchev–Trinajstić information content (AvgIpc) is 3.12. The maximum Gasteiger partial charge on any atom is 0.340 e. The second kappa shape index (κ2) is 8.79. The van der Waals surface area contributed by atoms with Crippen LogP contribution in [-0.4, -0.2) is 36.6 Å². The zero-order valence-electron chi connectivity index (χ0n) is 17.3. The second-order valence-electron chi connectivity index (χ2n) is 6.80. The number of hydrogen-bond donors (Lipinski definition) is 1. The summed E-state index contributed by atoms with van der Waals surface area (Å²) in [6.45, 7) is 1.93. The lowest BCUT2D eigenvalue weighted by molar-refractivity contribution is -0.118. The molecule has 31 heavy (non-hydrogen) atoms. The zero-order chi connectivity index (χ0) is 21.8. The number of nitrogens with one attached hydrogen (secondary N) is 1. The standard InChI is InChI=1S/C24H22N2O5/c1-3-30-24(28)23-19-12-11-18(14-21(19)26-13-5-4-6-20(23)26)31-15-22(27)25-16-7-9-17(29-2)10-8-16/h4-14H,3,15H2,1-2H3,(H,25,27). The molecule has 1 N–H and O–H groups in total. The molecule has 0 aliphatic rings. The Balaban J connectivity index is 1.54. The first-order valence-corrected chi connectivity index (χ1v) is 9.87. The smallest absolute Gasteiger partial charge is 0.340 e. The zero-order valence-corrected chi connectivity index (χ0v) is 17.3. The number of nitrogens with zero attached hydrogens (tertiary/aromatic N) is 1. The summed E-state index contributed by atoms with van der Waals surface area (Å²) in [5.41, 5.74) is 2.72. The molecular weight excluding hydrogens is 396 g/mol. The number of hydrogen-bond acceptors (Lipinski definition) is 5. The predicted molar refractivity (Wildman–Crippen MR) is 118 cm³/mol. The van der Waals surface area contributed by atoms with Crippen LogP contribution in [-0.2, 0) is 9.53 Å². The number of aromatic nitrogens is 1. The minimum absolute atomic E-state index is 0.147. The van der Waals surface area contributed by atoms with Crippen molar-refractivity contribution in [3.63, 3.8) is 0 Å². The number of methoxy groups -OCH3 is 1. The molecule has 0 aliphatic carbocycles. The van der Waals surface area contributed by atoms with E-state index in [1.807, 2.05) is 40.9 Å². The van der Waals surface area contributed by atoms with Gasteiger partial charge in [-0.25, -0.2) is 4.79 Å². The molecule has 7 heteroatoms. The fourth-order valence-corrected chi connectivity index (χ4v) is 3.44. The van der Waals surface area contributed by atoms with Crippen LogP contribution in [0.3, 0.4) is 0 Å². The van der Waals surface area contributed by atoms with Gasteiger partial charge in [-0.2, -0.15) is 0 Å². The van der Waals surface area contributed by atoms with Crippen LogP contribution in [0.4, 0.5) is 5.69 Å². The molecule has 0 atom stereocenters. The molecule has 4 aromatic rings. The van der Waals surface area contributed by atoms with Crippen LogP contribution in [0.5, 0.6) is 11.5 Å². The fourth-order valence-electron chi connectivity index (χ4n) is 3.44. The highest BCUT2D eigenvalue weighted by Gasteiger charge is 2.19. The van der Waals surface area contributed by atoms with Gasteiger partial charge in [0.1, 0.15) is 11.5 Å². The summed E-state index contributed by atoms with van der Waals surface area (Å²) in [4.78, 5) is 24.8. The lowest BCUT2D eigenvalue weighted by Gasteiger charge is -2.08. The molecule has 4 rings (SSSR count). The predicted octanol–water partition coefficient (Wildman–Crippen LogP) is 4.30. The molecule has 0 spiro atoms. The van der Waals surface area contributed by atoms with Gasteiger partial charge in [0.2, 0.25) is 0 Å². The van der Waals surface area contributed by atoms with E-state index in [0.717, 1.165) is 16.4 Å². The molecule has 0 aliphatic heterocycles. The van der Waals surface area contributed by atoms with Crippen LogP contribution < -0.4 is 14.8 Å². The van der Waals surface area contributed by atoms with Crippen LogP contribution in [0, 0.1) is 0 Å². The van der Waals surface area contributed by atoms with Crippen molar-refractivity contribution in [3.05, 3.63) is 72.4 Å². The van der Waals surface area contributed by atoms with Crippen LogP contribution in [0.1, 0.15) is 17.3 Å². The third-order valence-electron chi connectivity index (χ3n) is 4.84. The molecule has 0 radical (unpaired) electrons. The summed E-state index contributed by atoms with van der Waals surface area (Å²) < 4.78 is 17.9. The van der Waals surface area contributed by atoms with Crippen LogP contribution >= 0.6 is 0 Å². The molecule has 0 fully saturated rings. The second-order valence-corrected chi connectivity index (χ2v) is 6.80. The van der Waals surface area contributed by atoms with Gasteiger partial charge in [-0.1, -0.05) is 6.07 Å². The molecule has 0 saturated heterocycles. The van der Waals surface area contributed by atoms with Crippen LogP contribution in [0.2, 0.25) is 0 Å². The lowest BCUT2D eigenvalue weighted by atomic mass is 10.1. The maximum atomic E-state index is 12.5. The van der Waals surface area contributed by atoms with E-state index in [4.69, 9.17) is 14.2 Å². The number of fused-ring (bicyclic) bond motifs is 3. The van der Waals surface area contributed by atoms with E-state index in [1.165, 1.54) is 0 Å². The van der Waals surface area contributed by atoms with E-state index < -0.39 is 0 Å². The van der Waals surface area contributed by atoms with E-state index in [0.29, 0.717) is 29.4 Å². The number of carbonyl (C=O) groups excluding carboxylic acids is 2. The Morgan fingerprint density at radius 1 is 0.968 bits per heavy atom. The Labute approximate surface area is 179 Å². The van der Waals surface area contributed by atoms with Gasteiger partial charge in [0.15, 0.2) is 6.61 Å². The Morgan fingerprint density at radius 2 is 1.74 bits per heavy atom. The first-order valence-electron chi connectivity index (χ1n) is 9.87. The number of esters is 1. The monoisotopic (exact) mass is 418 g/mol. The molecular formula is C24H22N2O5. The van der Waals surface area contributed by atoms with Crippen molar-refractivity contribution in [2.24, 2.45) is 0 Å². The molecule has 1 amide bonds. The molecule has 2 heterocycles. The third-order valence-corrected chi connectivity index (χ3v) is 4.84. The molecule has 0 saturated carbocycles. The van der Waals surface area contributed by atoms with E-state index in [2.05, 4.69) is 5.32 Å². The van der Waals surface area contributed by atoms with Crippen molar-refractivity contribution in [1.29, 1.82) is 0 Å². The Bertz CT molecular complexity index is 1240. The van der Waals surface area contributed by atoms with E-state index in [9.17, 15) is 9.59 Å². The van der Waals surface area contributed by atoms with Gasteiger partial charge in [0.25, 0.3) is 5.91 Å². The molecule has 0 bridgehead atoms. The minimum atomic E-state index is -0.367. The molecule has 7 nitrogen and oxygen atoms in total. The number of ether oxygens (including phenoxy) is 3. The fraction of sp³-hybridized carbons (Fsp3) is 0.167. The van der Waals surface area contributed by atoms with Gasteiger partial charge in [0, 0.05) is 23.3 Å². The number of anilines is 1. The first kappa shape index (κ1) is 20.3. The summed E-state index contributed by atoms with van der Waals surface area (Å²) >= 11 is 0. The number of benzene rings is 2. The summed E-state index contributed by atoms with van der Waals surface area (Å²) in [7, 11) is 1.59. The Morgan fingerprint density at radius 3 is 2.48 bits per heavy atom. The van der Waals surface area contributed by atoms with Crippen LogP contribution in [0.15, 0.2) is 66.9 Å². The molecule has 158 valence electrons. The Kier molecular flexibility index (Phi) is 5.75. The first-order chi connectivity index (χ1) is 15.1. The van der Waals surface area contributed by atoms with E-state index >= 15 is 0 Å². The lowest BCUT2D eigenvalue weighted by Crippen LogP contribution is -2.20. The summed E-state index contributed by atoms with van der Waals surface area (Å²) in [6, 6.07) is 18.0. The highest BCUT2D eigenvalue weighted by atomic mass is 16.5. The highest BCUT2D eigenvalue weighted by Crippen LogP contribution is 2.30.